The van der Waals surface area contributed by atoms with Gasteiger partial charge in [-0.1, -0.05) is 11.6 Å². The molecule has 1 aromatic carbocycles. The number of nitrogens with zero attached hydrogens (tertiary/aromatic N) is 5. The first-order valence-electron chi connectivity index (χ1n) is 5.31. The standard InChI is InChI=1S/C11H9ClN6/c1-7-6-8(12)2-3-9(7)13-10-4-5-11-14-16-17-18(11)15-10/h2-6H,1H3,(H,13,15). The quantitative estimate of drug-likeness (QED) is 0.765. The molecule has 1 N–H and O–H groups in total. The predicted molar refractivity (Wildman–Crippen MR) is 68.0 cm³/mol. The van der Waals surface area contributed by atoms with E-state index in [1.165, 1.54) is 4.63 Å². The summed E-state index contributed by atoms with van der Waals surface area (Å²) < 4.78 is 1.37. The monoisotopic (exact) mass is 260 g/mol. The van der Waals surface area contributed by atoms with Crippen LogP contribution in [-0.4, -0.2) is 25.3 Å². The van der Waals surface area contributed by atoms with Gasteiger partial charge in [0.05, 0.1) is 0 Å². The van der Waals surface area contributed by atoms with Crippen LogP contribution in [0.1, 0.15) is 5.56 Å². The highest BCUT2D eigenvalue weighted by Crippen LogP contribution is 2.22. The van der Waals surface area contributed by atoms with Crippen molar-refractivity contribution in [1.82, 2.24) is 25.3 Å². The fourth-order valence-electron chi connectivity index (χ4n) is 1.62. The lowest BCUT2D eigenvalue weighted by atomic mass is 10.2. The molecule has 90 valence electrons. The third-order valence-corrected chi connectivity index (χ3v) is 2.76. The molecule has 3 aromatic rings. The molecule has 0 saturated carbocycles. The summed E-state index contributed by atoms with van der Waals surface area (Å²) in [6.07, 6.45) is 0. The molecule has 2 heterocycles. The van der Waals surface area contributed by atoms with Crippen LogP contribution in [0.2, 0.25) is 5.02 Å². The minimum absolute atomic E-state index is 0.605. The molecule has 6 nitrogen and oxygen atoms in total. The topological polar surface area (TPSA) is 68.0 Å². The van der Waals surface area contributed by atoms with Crippen molar-refractivity contribution in [1.29, 1.82) is 0 Å². The Bertz CT molecular complexity index is 708. The van der Waals surface area contributed by atoms with E-state index in [9.17, 15) is 0 Å². The number of halogens is 1. The molecule has 0 aliphatic heterocycles. The van der Waals surface area contributed by atoms with Crippen LogP contribution in [0.5, 0.6) is 0 Å². The van der Waals surface area contributed by atoms with Gasteiger partial charge in [0.25, 0.3) is 0 Å². The number of aryl methyl sites for hydroxylation is 1. The molecule has 0 aliphatic rings. The fraction of sp³-hybridized carbons (Fsp3) is 0.0909. The summed E-state index contributed by atoms with van der Waals surface area (Å²) in [5.41, 5.74) is 2.59. The second-order valence-electron chi connectivity index (χ2n) is 3.83. The van der Waals surface area contributed by atoms with Gasteiger partial charge in [-0.3, -0.25) is 0 Å². The van der Waals surface area contributed by atoms with Crippen LogP contribution in [0, 0.1) is 6.92 Å². The number of aromatic nitrogens is 5. The Morgan fingerprint density at radius 3 is 2.94 bits per heavy atom. The zero-order valence-corrected chi connectivity index (χ0v) is 10.3. The molecule has 0 aliphatic carbocycles. The first kappa shape index (κ1) is 10.9. The summed E-state index contributed by atoms with van der Waals surface area (Å²) in [7, 11) is 0. The van der Waals surface area contributed by atoms with Crippen molar-refractivity contribution in [3.05, 3.63) is 40.9 Å². The molecular formula is C11H9ClN6. The van der Waals surface area contributed by atoms with E-state index < -0.39 is 0 Å². The lowest BCUT2D eigenvalue weighted by Gasteiger charge is -2.08. The first-order valence-corrected chi connectivity index (χ1v) is 5.69. The Balaban J connectivity index is 1.95. The summed E-state index contributed by atoms with van der Waals surface area (Å²) in [6, 6.07) is 9.23. The molecule has 0 atom stereocenters. The Morgan fingerprint density at radius 2 is 2.11 bits per heavy atom. The van der Waals surface area contributed by atoms with Crippen LogP contribution < -0.4 is 5.32 Å². The van der Waals surface area contributed by atoms with Gasteiger partial charge in [0.15, 0.2) is 11.5 Å². The third kappa shape index (κ3) is 1.98. The first-order chi connectivity index (χ1) is 8.72. The number of hydrogen-bond acceptors (Lipinski definition) is 5. The molecule has 0 radical (unpaired) electrons. The lowest BCUT2D eigenvalue weighted by Crippen LogP contribution is -2.01. The summed E-state index contributed by atoms with van der Waals surface area (Å²) in [6.45, 7) is 1.98. The number of fused-ring (bicyclic) bond motifs is 1. The Morgan fingerprint density at radius 1 is 1.22 bits per heavy atom. The van der Waals surface area contributed by atoms with Gasteiger partial charge in [-0.25, -0.2) is 0 Å². The molecule has 0 spiro atoms. The molecule has 0 amide bonds. The van der Waals surface area contributed by atoms with E-state index in [-0.39, 0.29) is 0 Å². The number of hydrogen-bond donors (Lipinski definition) is 1. The average molecular weight is 261 g/mol. The summed E-state index contributed by atoms with van der Waals surface area (Å²) >= 11 is 5.91. The summed E-state index contributed by atoms with van der Waals surface area (Å²) in [5.74, 6) is 0.667. The minimum atomic E-state index is 0.605. The summed E-state index contributed by atoms with van der Waals surface area (Å²) in [4.78, 5) is 0. The number of rotatable bonds is 2. The number of nitrogens with one attached hydrogen (secondary N) is 1. The maximum absolute atomic E-state index is 5.91. The van der Waals surface area contributed by atoms with Crippen LogP contribution >= 0.6 is 11.6 Å². The zero-order chi connectivity index (χ0) is 12.5. The maximum atomic E-state index is 5.91. The van der Waals surface area contributed by atoms with Gasteiger partial charge in [0.2, 0.25) is 0 Å². The highest BCUT2D eigenvalue weighted by molar-refractivity contribution is 6.30. The van der Waals surface area contributed by atoms with Gasteiger partial charge in [-0.15, -0.1) is 14.8 Å². The predicted octanol–water partition coefficient (Wildman–Crippen LogP) is 2.22. The minimum Gasteiger partial charge on any atom is -0.339 e. The van der Waals surface area contributed by atoms with Crippen molar-refractivity contribution in [2.75, 3.05) is 5.32 Å². The van der Waals surface area contributed by atoms with Gasteiger partial charge in [-0.05, 0) is 53.2 Å². The van der Waals surface area contributed by atoms with Gasteiger partial charge < -0.3 is 5.32 Å². The van der Waals surface area contributed by atoms with Crippen LogP contribution in [0.25, 0.3) is 5.65 Å². The smallest absolute Gasteiger partial charge is 0.200 e. The van der Waals surface area contributed by atoms with E-state index in [1.807, 2.05) is 31.2 Å². The molecular weight excluding hydrogens is 252 g/mol. The van der Waals surface area contributed by atoms with Gasteiger partial charge in [-0.2, -0.15) is 0 Å². The molecule has 18 heavy (non-hydrogen) atoms. The number of anilines is 2. The molecule has 0 unspecified atom stereocenters. The molecule has 0 saturated heterocycles. The second-order valence-corrected chi connectivity index (χ2v) is 4.27. The van der Waals surface area contributed by atoms with Crippen LogP contribution in [0.4, 0.5) is 11.5 Å². The molecule has 7 heteroatoms. The van der Waals surface area contributed by atoms with E-state index in [0.29, 0.717) is 16.5 Å². The second kappa shape index (κ2) is 4.23. The Hall–Kier alpha value is -2.21. The highest BCUT2D eigenvalue weighted by atomic mass is 35.5. The zero-order valence-electron chi connectivity index (χ0n) is 9.50. The van der Waals surface area contributed by atoms with Crippen molar-refractivity contribution in [2.24, 2.45) is 0 Å². The summed E-state index contributed by atoms with van der Waals surface area (Å²) in [5, 5.41) is 19.2. The van der Waals surface area contributed by atoms with E-state index >= 15 is 0 Å². The van der Waals surface area contributed by atoms with Crippen molar-refractivity contribution in [2.45, 2.75) is 6.92 Å². The average Bonchev–Trinajstić information content (AvgIpc) is 2.80. The van der Waals surface area contributed by atoms with Crippen LogP contribution in [0.15, 0.2) is 30.3 Å². The molecule has 0 fully saturated rings. The number of benzene rings is 1. The van der Waals surface area contributed by atoms with E-state index in [4.69, 9.17) is 11.6 Å². The van der Waals surface area contributed by atoms with Gasteiger partial charge >= 0.3 is 0 Å². The fourth-order valence-corrected chi connectivity index (χ4v) is 1.85. The number of tetrazole rings is 1. The normalized spacial score (nSPS) is 10.8. The van der Waals surface area contributed by atoms with E-state index in [0.717, 1.165) is 11.3 Å². The Kier molecular flexibility index (Phi) is 2.56. The van der Waals surface area contributed by atoms with Gasteiger partial charge in [0, 0.05) is 10.7 Å². The van der Waals surface area contributed by atoms with Crippen LogP contribution in [-0.2, 0) is 0 Å². The third-order valence-electron chi connectivity index (χ3n) is 2.52. The lowest BCUT2D eigenvalue weighted by molar-refractivity contribution is 0.736. The van der Waals surface area contributed by atoms with Crippen molar-refractivity contribution >= 4 is 28.8 Å². The molecule has 3 rings (SSSR count). The SMILES string of the molecule is Cc1cc(Cl)ccc1Nc1ccc2nnnn2n1. The largest absolute Gasteiger partial charge is 0.339 e. The van der Waals surface area contributed by atoms with Crippen molar-refractivity contribution < 1.29 is 0 Å². The highest BCUT2D eigenvalue weighted by Gasteiger charge is 2.03. The molecule has 2 aromatic heterocycles. The van der Waals surface area contributed by atoms with E-state index in [2.05, 4.69) is 25.9 Å². The molecule has 0 bridgehead atoms. The van der Waals surface area contributed by atoms with Crippen molar-refractivity contribution in [3.8, 4) is 0 Å². The van der Waals surface area contributed by atoms with Crippen LogP contribution in [0.3, 0.4) is 0 Å². The Labute approximate surface area is 108 Å². The van der Waals surface area contributed by atoms with E-state index in [1.54, 1.807) is 6.07 Å². The maximum Gasteiger partial charge on any atom is 0.200 e. The van der Waals surface area contributed by atoms with Gasteiger partial charge in [0.1, 0.15) is 0 Å². The van der Waals surface area contributed by atoms with Crippen molar-refractivity contribution in [3.63, 3.8) is 0 Å².